The van der Waals surface area contributed by atoms with Crippen molar-refractivity contribution in [3.05, 3.63) is 52.5 Å². The van der Waals surface area contributed by atoms with Crippen molar-refractivity contribution >= 4 is 38.6 Å². The molecule has 1 fully saturated rings. The van der Waals surface area contributed by atoms with Gasteiger partial charge in [-0.2, -0.15) is 4.98 Å². The molecule has 2 aromatic carbocycles. The Morgan fingerprint density at radius 3 is 2.39 bits per heavy atom. The molecule has 0 bridgehead atoms. The standard InChI is InChI=1S/C26H31BrF3N5O/c1-35(2)24-21-5-3-4-6-22(21)33-25(34-24)32-15-18-9-7-17(8-10-18)14-31-16-19-11-12-20(27)13-23(19)36-26(28,29)30/h3-6,11-13,17-18,31H,7-10,14-16H2,1-2H3,(H,32,33,34). The van der Waals surface area contributed by atoms with E-state index in [0.29, 0.717) is 34.4 Å². The largest absolute Gasteiger partial charge is 0.573 e. The molecule has 1 aliphatic rings. The number of nitrogens with zero attached hydrogens (tertiary/aromatic N) is 3. The van der Waals surface area contributed by atoms with Crippen LogP contribution in [0, 0.1) is 11.8 Å². The lowest BCUT2D eigenvalue weighted by atomic mass is 9.82. The van der Waals surface area contributed by atoms with E-state index in [2.05, 4.69) is 36.3 Å². The third-order valence-electron chi connectivity index (χ3n) is 6.53. The molecular formula is C26H31BrF3N5O. The van der Waals surface area contributed by atoms with Crippen molar-refractivity contribution in [2.45, 2.75) is 38.6 Å². The number of alkyl halides is 3. The summed E-state index contributed by atoms with van der Waals surface area (Å²) in [6.45, 7) is 1.91. The molecule has 10 heteroatoms. The van der Waals surface area contributed by atoms with Crippen molar-refractivity contribution in [2.75, 3.05) is 37.4 Å². The van der Waals surface area contributed by atoms with Crippen molar-refractivity contribution in [1.82, 2.24) is 15.3 Å². The lowest BCUT2D eigenvalue weighted by Gasteiger charge is -2.29. The van der Waals surface area contributed by atoms with Crippen molar-refractivity contribution in [1.29, 1.82) is 0 Å². The summed E-state index contributed by atoms with van der Waals surface area (Å²) in [5, 5.41) is 7.79. The molecule has 1 saturated carbocycles. The maximum absolute atomic E-state index is 12.7. The molecule has 3 aromatic rings. The van der Waals surface area contributed by atoms with Gasteiger partial charge in [-0.15, -0.1) is 13.2 Å². The van der Waals surface area contributed by atoms with Gasteiger partial charge in [-0.3, -0.25) is 0 Å². The lowest BCUT2D eigenvalue weighted by Crippen LogP contribution is -2.29. The van der Waals surface area contributed by atoms with Gasteiger partial charge in [-0.1, -0.05) is 34.1 Å². The number of aromatic nitrogens is 2. The van der Waals surface area contributed by atoms with Crippen LogP contribution in [0.3, 0.4) is 0 Å². The van der Waals surface area contributed by atoms with E-state index in [1.807, 2.05) is 43.3 Å². The fourth-order valence-electron chi connectivity index (χ4n) is 4.66. The first-order chi connectivity index (χ1) is 17.2. The fraction of sp³-hybridized carbons (Fsp3) is 0.462. The Bertz CT molecular complexity index is 1170. The molecular weight excluding hydrogens is 535 g/mol. The summed E-state index contributed by atoms with van der Waals surface area (Å²) < 4.78 is 42.9. The molecule has 4 rings (SSSR count). The van der Waals surface area contributed by atoms with Gasteiger partial charge in [0.25, 0.3) is 0 Å². The highest BCUT2D eigenvalue weighted by molar-refractivity contribution is 9.10. The zero-order valence-corrected chi connectivity index (χ0v) is 22.0. The quantitative estimate of drug-likeness (QED) is 0.314. The van der Waals surface area contributed by atoms with Gasteiger partial charge < -0.3 is 20.3 Å². The Hall–Kier alpha value is -2.59. The molecule has 194 valence electrons. The third-order valence-corrected chi connectivity index (χ3v) is 7.02. The lowest BCUT2D eigenvalue weighted by molar-refractivity contribution is -0.274. The summed E-state index contributed by atoms with van der Waals surface area (Å²) in [5.41, 5.74) is 1.41. The second-order valence-electron chi connectivity index (χ2n) is 9.48. The monoisotopic (exact) mass is 565 g/mol. The van der Waals surface area contributed by atoms with Gasteiger partial charge in [0, 0.05) is 42.6 Å². The van der Waals surface area contributed by atoms with Crippen LogP contribution in [0.2, 0.25) is 0 Å². The minimum Gasteiger partial charge on any atom is -0.405 e. The number of nitrogens with one attached hydrogen (secondary N) is 2. The first-order valence-corrected chi connectivity index (χ1v) is 12.9. The smallest absolute Gasteiger partial charge is 0.405 e. The summed E-state index contributed by atoms with van der Waals surface area (Å²) in [6.07, 6.45) is -0.378. The number of para-hydroxylation sites is 1. The van der Waals surface area contributed by atoms with Crippen LogP contribution in [0.25, 0.3) is 10.9 Å². The Balaban J connectivity index is 1.24. The van der Waals surface area contributed by atoms with Crippen molar-refractivity contribution < 1.29 is 17.9 Å². The van der Waals surface area contributed by atoms with Crippen molar-refractivity contribution in [2.24, 2.45) is 11.8 Å². The van der Waals surface area contributed by atoms with E-state index >= 15 is 0 Å². The first kappa shape index (κ1) is 26.5. The van der Waals surface area contributed by atoms with E-state index in [1.54, 1.807) is 12.1 Å². The van der Waals surface area contributed by atoms with Crippen LogP contribution in [-0.4, -0.2) is 43.5 Å². The molecule has 0 radical (unpaired) electrons. The highest BCUT2D eigenvalue weighted by Crippen LogP contribution is 2.31. The Kier molecular flexibility index (Phi) is 8.56. The van der Waals surface area contributed by atoms with Crippen LogP contribution in [0.15, 0.2) is 46.9 Å². The summed E-state index contributed by atoms with van der Waals surface area (Å²) in [4.78, 5) is 11.4. The normalized spacial score (nSPS) is 18.3. The van der Waals surface area contributed by atoms with Gasteiger partial charge >= 0.3 is 6.36 Å². The molecule has 0 unspecified atom stereocenters. The number of benzene rings is 2. The molecule has 1 aromatic heterocycles. The molecule has 1 heterocycles. The Morgan fingerprint density at radius 1 is 1.00 bits per heavy atom. The maximum Gasteiger partial charge on any atom is 0.573 e. The fourth-order valence-corrected chi connectivity index (χ4v) is 5.00. The number of rotatable bonds is 9. The zero-order valence-electron chi connectivity index (χ0n) is 20.4. The average molecular weight is 566 g/mol. The number of ether oxygens (including phenoxy) is 1. The number of hydrogen-bond donors (Lipinski definition) is 2. The van der Waals surface area contributed by atoms with Crippen LogP contribution < -0.4 is 20.3 Å². The van der Waals surface area contributed by atoms with E-state index in [9.17, 15) is 13.2 Å². The predicted octanol–water partition coefficient (Wildman–Crippen LogP) is 6.37. The number of fused-ring (bicyclic) bond motifs is 1. The van der Waals surface area contributed by atoms with E-state index in [0.717, 1.165) is 55.5 Å². The van der Waals surface area contributed by atoms with Gasteiger partial charge in [0.2, 0.25) is 5.95 Å². The zero-order chi connectivity index (χ0) is 25.7. The average Bonchev–Trinajstić information content (AvgIpc) is 2.83. The topological polar surface area (TPSA) is 62.3 Å². The van der Waals surface area contributed by atoms with Crippen molar-refractivity contribution in [3.8, 4) is 5.75 Å². The van der Waals surface area contributed by atoms with E-state index in [-0.39, 0.29) is 5.75 Å². The second-order valence-corrected chi connectivity index (χ2v) is 10.4. The summed E-state index contributed by atoms with van der Waals surface area (Å²) >= 11 is 3.21. The van der Waals surface area contributed by atoms with Crippen LogP contribution in [0.1, 0.15) is 31.2 Å². The van der Waals surface area contributed by atoms with Gasteiger partial charge in [-0.25, -0.2) is 4.98 Å². The first-order valence-electron chi connectivity index (χ1n) is 12.1. The number of halogens is 4. The minimum atomic E-state index is -4.71. The van der Waals surface area contributed by atoms with E-state index in [1.165, 1.54) is 6.07 Å². The number of anilines is 2. The SMILES string of the molecule is CN(C)c1nc(NCC2CCC(CNCc3ccc(Br)cc3OC(F)(F)F)CC2)nc2ccccc12. The van der Waals surface area contributed by atoms with Crippen LogP contribution in [0.4, 0.5) is 24.9 Å². The molecule has 0 atom stereocenters. The van der Waals surface area contributed by atoms with E-state index in [4.69, 9.17) is 4.98 Å². The molecule has 0 spiro atoms. The van der Waals surface area contributed by atoms with Gasteiger partial charge in [0.15, 0.2) is 0 Å². The van der Waals surface area contributed by atoms with Gasteiger partial charge in [-0.05, 0) is 68.3 Å². The van der Waals surface area contributed by atoms with Gasteiger partial charge in [0.05, 0.1) is 5.52 Å². The summed E-state index contributed by atoms with van der Waals surface area (Å²) in [6, 6.07) is 12.7. The van der Waals surface area contributed by atoms with Crippen LogP contribution >= 0.6 is 15.9 Å². The summed E-state index contributed by atoms with van der Waals surface area (Å²) in [5.74, 6) is 2.41. The molecule has 0 amide bonds. The number of hydrogen-bond acceptors (Lipinski definition) is 6. The molecule has 1 aliphatic carbocycles. The molecule has 2 N–H and O–H groups in total. The highest BCUT2D eigenvalue weighted by Gasteiger charge is 2.32. The van der Waals surface area contributed by atoms with Crippen LogP contribution in [-0.2, 0) is 6.54 Å². The Labute approximate surface area is 217 Å². The maximum atomic E-state index is 12.7. The second kappa shape index (κ2) is 11.6. The molecule has 36 heavy (non-hydrogen) atoms. The third kappa shape index (κ3) is 7.22. The van der Waals surface area contributed by atoms with Crippen molar-refractivity contribution in [3.63, 3.8) is 0 Å². The van der Waals surface area contributed by atoms with Gasteiger partial charge in [0.1, 0.15) is 11.6 Å². The molecule has 0 saturated heterocycles. The summed E-state index contributed by atoms with van der Waals surface area (Å²) in [7, 11) is 3.96. The predicted molar refractivity (Wildman–Crippen MR) is 140 cm³/mol. The molecule has 6 nitrogen and oxygen atoms in total. The highest BCUT2D eigenvalue weighted by atomic mass is 79.9. The van der Waals surface area contributed by atoms with Crippen LogP contribution in [0.5, 0.6) is 5.75 Å². The van der Waals surface area contributed by atoms with E-state index < -0.39 is 6.36 Å². The minimum absolute atomic E-state index is 0.174. The molecule has 0 aliphatic heterocycles. The Morgan fingerprint density at radius 2 is 1.69 bits per heavy atom.